The Balaban J connectivity index is 0.000000215. The lowest BCUT2D eigenvalue weighted by Gasteiger charge is -2.36. The number of pyridine rings is 2. The SMILES string of the molecule is COCn1cc(F)sc1=Nc1cccc(CO[Si](C)(C)C(C)(C)C)n1.O=C(c1cccc(Cl)c1F)N1CCN(Cc2cccc(Nc3ncc(F)s3)n2)CC1. The first kappa shape index (κ1) is 42.2. The van der Waals surface area contributed by atoms with Gasteiger partial charge in [-0.1, -0.05) is 73.2 Å². The second kappa shape index (κ2) is 18.8. The number of hydrogen-bond acceptors (Lipinski definition) is 11. The second-order valence-electron chi connectivity index (χ2n) is 14.1. The fourth-order valence-electron chi connectivity index (χ4n) is 5.08. The van der Waals surface area contributed by atoms with Crippen LogP contribution in [0.3, 0.4) is 0 Å². The highest BCUT2D eigenvalue weighted by molar-refractivity contribution is 7.14. The van der Waals surface area contributed by atoms with Gasteiger partial charge in [0.05, 0.1) is 41.0 Å². The van der Waals surface area contributed by atoms with Crippen LogP contribution in [0.25, 0.3) is 0 Å². The number of methoxy groups -OCH3 is 1. The van der Waals surface area contributed by atoms with Crippen LogP contribution in [0.15, 0.2) is 72.0 Å². The van der Waals surface area contributed by atoms with Crippen molar-refractivity contribution in [3.05, 3.63) is 110 Å². The van der Waals surface area contributed by atoms with Gasteiger partial charge in [0.15, 0.2) is 40.1 Å². The molecule has 1 aliphatic heterocycles. The number of anilines is 2. The van der Waals surface area contributed by atoms with Crippen molar-refractivity contribution < 1.29 is 27.1 Å². The first-order valence-electron chi connectivity index (χ1n) is 17.4. The van der Waals surface area contributed by atoms with Gasteiger partial charge in [0.25, 0.3) is 5.91 Å². The summed E-state index contributed by atoms with van der Waals surface area (Å²) in [6.07, 6.45) is 2.53. The van der Waals surface area contributed by atoms with E-state index in [1.54, 1.807) is 34.8 Å². The average Bonchev–Trinajstić information content (AvgIpc) is 3.71. The predicted octanol–water partition coefficient (Wildman–Crippen LogP) is 8.61. The molecule has 11 nitrogen and oxygen atoms in total. The molecule has 55 heavy (non-hydrogen) atoms. The maximum Gasteiger partial charge on any atom is 0.256 e. The van der Waals surface area contributed by atoms with Crippen molar-refractivity contribution in [1.82, 2.24) is 29.3 Å². The number of thiazole rings is 2. The number of nitrogens with zero attached hydrogens (tertiary/aromatic N) is 7. The molecule has 1 N–H and O–H groups in total. The van der Waals surface area contributed by atoms with E-state index in [4.69, 9.17) is 20.8 Å². The van der Waals surface area contributed by atoms with Gasteiger partial charge in [-0.25, -0.2) is 24.3 Å². The van der Waals surface area contributed by atoms with Crippen LogP contribution in [-0.4, -0.2) is 76.8 Å². The summed E-state index contributed by atoms with van der Waals surface area (Å²) in [5.74, 6) is 0.0880. The van der Waals surface area contributed by atoms with E-state index < -0.39 is 14.1 Å². The van der Waals surface area contributed by atoms with Crippen LogP contribution >= 0.6 is 34.3 Å². The van der Waals surface area contributed by atoms with Crippen molar-refractivity contribution in [2.24, 2.45) is 4.99 Å². The van der Waals surface area contributed by atoms with Crippen LogP contribution in [0, 0.1) is 16.1 Å². The summed E-state index contributed by atoms with van der Waals surface area (Å²) in [7, 11) is -0.275. The quantitative estimate of drug-likeness (QED) is 0.132. The van der Waals surface area contributed by atoms with E-state index in [1.165, 1.54) is 18.3 Å². The molecule has 0 bridgehead atoms. The van der Waals surface area contributed by atoms with E-state index in [0.717, 1.165) is 40.3 Å². The molecule has 5 aromatic rings. The van der Waals surface area contributed by atoms with E-state index in [-0.39, 0.29) is 38.5 Å². The van der Waals surface area contributed by atoms with E-state index in [2.05, 4.69) is 64.0 Å². The van der Waals surface area contributed by atoms with Gasteiger partial charge in [-0.3, -0.25) is 14.3 Å². The minimum absolute atomic E-state index is 0.00462. The molecular formula is C37H44ClF3N8O3S2Si. The van der Waals surface area contributed by atoms with Gasteiger partial charge in [-0.2, -0.15) is 8.78 Å². The fraction of sp³-hybridized carbons (Fsp3) is 0.378. The summed E-state index contributed by atoms with van der Waals surface area (Å²) in [4.78, 5) is 34.4. The van der Waals surface area contributed by atoms with E-state index in [9.17, 15) is 18.0 Å². The van der Waals surface area contributed by atoms with Crippen LogP contribution in [0.5, 0.6) is 0 Å². The molecule has 0 atom stereocenters. The number of halogens is 4. The Morgan fingerprint density at radius 2 is 1.67 bits per heavy atom. The van der Waals surface area contributed by atoms with Crippen molar-refractivity contribution >= 4 is 65.3 Å². The fourth-order valence-corrected chi connectivity index (χ4v) is 7.47. The topological polar surface area (TPSA) is 110 Å². The summed E-state index contributed by atoms with van der Waals surface area (Å²) >= 11 is 7.66. The van der Waals surface area contributed by atoms with Crippen LogP contribution in [0.4, 0.5) is 29.9 Å². The van der Waals surface area contributed by atoms with Gasteiger partial charge in [0.2, 0.25) is 0 Å². The maximum absolute atomic E-state index is 14.1. The van der Waals surface area contributed by atoms with Crippen LogP contribution in [0.2, 0.25) is 23.2 Å². The molecule has 0 saturated carbocycles. The molecular weight excluding hydrogens is 789 g/mol. The van der Waals surface area contributed by atoms with Crippen molar-refractivity contribution in [2.45, 2.75) is 58.8 Å². The number of aromatic nitrogens is 4. The molecule has 1 saturated heterocycles. The number of benzene rings is 1. The second-order valence-corrected chi connectivity index (χ2v) is 21.3. The summed E-state index contributed by atoms with van der Waals surface area (Å²) in [6.45, 7) is 14.6. The van der Waals surface area contributed by atoms with Crippen LogP contribution in [0.1, 0.15) is 42.5 Å². The molecule has 4 aromatic heterocycles. The number of rotatable bonds is 11. The summed E-state index contributed by atoms with van der Waals surface area (Å²) in [5.41, 5.74) is 1.66. The summed E-state index contributed by atoms with van der Waals surface area (Å²) in [5, 5.41) is 2.85. The Hall–Kier alpha value is -3.97. The third-order valence-corrected chi connectivity index (χ3v) is 15.4. The number of carbonyl (C=O) groups is 1. The zero-order chi connectivity index (χ0) is 39.8. The Morgan fingerprint density at radius 3 is 2.36 bits per heavy atom. The molecule has 5 heterocycles. The van der Waals surface area contributed by atoms with Crippen molar-refractivity contribution in [1.29, 1.82) is 0 Å². The van der Waals surface area contributed by atoms with E-state index in [1.807, 2.05) is 24.3 Å². The lowest BCUT2D eigenvalue weighted by atomic mass is 10.1. The number of hydrogen-bond donors (Lipinski definition) is 1. The third-order valence-electron chi connectivity index (χ3n) is 9.10. The van der Waals surface area contributed by atoms with Gasteiger partial charge < -0.3 is 19.4 Å². The normalized spacial score (nSPS) is 14.1. The highest BCUT2D eigenvalue weighted by Gasteiger charge is 2.37. The maximum atomic E-state index is 14.1. The lowest BCUT2D eigenvalue weighted by Crippen LogP contribution is -2.48. The first-order chi connectivity index (χ1) is 26.1. The Labute approximate surface area is 332 Å². The largest absolute Gasteiger partial charge is 0.411 e. The molecule has 1 aromatic carbocycles. The highest BCUT2D eigenvalue weighted by Crippen LogP contribution is 2.37. The highest BCUT2D eigenvalue weighted by atomic mass is 35.5. The molecule has 0 unspecified atom stereocenters. The van der Waals surface area contributed by atoms with Crippen molar-refractivity contribution in [3.63, 3.8) is 0 Å². The van der Waals surface area contributed by atoms with Gasteiger partial charge >= 0.3 is 0 Å². The molecule has 0 aliphatic carbocycles. The third kappa shape index (κ3) is 11.8. The molecule has 294 valence electrons. The van der Waals surface area contributed by atoms with E-state index in [0.29, 0.717) is 60.9 Å². The molecule has 18 heteroatoms. The van der Waals surface area contributed by atoms with Gasteiger partial charge in [0, 0.05) is 39.8 Å². The molecule has 1 fully saturated rings. The summed E-state index contributed by atoms with van der Waals surface area (Å²) < 4.78 is 53.6. The average molecular weight is 833 g/mol. The molecule has 0 spiro atoms. The van der Waals surface area contributed by atoms with Gasteiger partial charge in [-0.05, 0) is 54.5 Å². The molecule has 1 amide bonds. The summed E-state index contributed by atoms with van der Waals surface area (Å²) in [6, 6.07) is 15.6. The lowest BCUT2D eigenvalue weighted by molar-refractivity contribution is 0.0622. The molecule has 6 rings (SSSR count). The monoisotopic (exact) mass is 832 g/mol. The van der Waals surface area contributed by atoms with Gasteiger partial charge in [0.1, 0.15) is 12.5 Å². The number of nitrogens with one attached hydrogen (secondary N) is 1. The van der Waals surface area contributed by atoms with Crippen molar-refractivity contribution in [3.8, 4) is 0 Å². The van der Waals surface area contributed by atoms with Gasteiger partial charge in [-0.15, -0.1) is 0 Å². The van der Waals surface area contributed by atoms with Crippen LogP contribution in [-0.2, 0) is 29.0 Å². The van der Waals surface area contributed by atoms with Crippen LogP contribution < -0.4 is 10.1 Å². The zero-order valence-electron chi connectivity index (χ0n) is 31.5. The minimum atomic E-state index is -1.83. The number of piperazine rings is 1. The smallest absolute Gasteiger partial charge is 0.256 e. The Kier molecular flexibility index (Phi) is 14.4. The molecule has 0 radical (unpaired) electrons. The Bertz CT molecular complexity index is 2130. The standard InChI is InChI=1S/C20H18ClF2N5OS.C17H26FN3O2SSi/c21-15-5-2-4-14(18(15)23)19(29)28-9-7-27(8-10-28)12-13-3-1-6-17(25-13)26-20-24-11-16(22)30-20;1-17(2,3)25(5,6)23-11-13-8-7-9-15(19-13)20-16-21(12-22-4)10-14(18)24-16/h1-6,11H,7-10,12H2,(H,24,25,26);7-10H,11-12H2,1-6H3. The number of ether oxygens (including phenoxy) is 1. The number of amides is 1. The zero-order valence-corrected chi connectivity index (χ0v) is 34.9. The molecule has 1 aliphatic rings. The minimum Gasteiger partial charge on any atom is -0.411 e. The number of carbonyl (C=O) groups excluding carboxylic acids is 1. The van der Waals surface area contributed by atoms with Crippen molar-refractivity contribution in [2.75, 3.05) is 38.6 Å². The Morgan fingerprint density at radius 1 is 0.964 bits per heavy atom. The first-order valence-corrected chi connectivity index (χ1v) is 22.3. The predicted molar refractivity (Wildman–Crippen MR) is 213 cm³/mol. The van der Waals surface area contributed by atoms with E-state index >= 15 is 0 Å².